The number of hydrogen-bond donors (Lipinski definition) is 2. The number of guanidine groups is 1. The fourth-order valence-corrected chi connectivity index (χ4v) is 2.43. The molecule has 2 N–H and O–H groups in total. The number of halogens is 1. The van der Waals surface area contributed by atoms with Gasteiger partial charge in [0.25, 0.3) is 0 Å². The number of aryl methyl sites for hydroxylation is 1. The highest BCUT2D eigenvalue weighted by Crippen LogP contribution is 2.18. The largest absolute Gasteiger partial charge is 0.357 e. The Morgan fingerprint density at radius 2 is 2.27 bits per heavy atom. The van der Waals surface area contributed by atoms with Crippen LogP contribution in [0.3, 0.4) is 0 Å². The first kappa shape index (κ1) is 16.7. The van der Waals surface area contributed by atoms with Crippen LogP contribution in [-0.4, -0.2) is 47.5 Å². The smallest absolute Gasteiger partial charge is 0.242 e. The molecule has 0 aliphatic heterocycles. The normalized spacial score (nSPS) is 14.8. The molecule has 1 aromatic heterocycles. The third-order valence-corrected chi connectivity index (χ3v) is 3.69. The highest BCUT2D eigenvalue weighted by molar-refractivity contribution is 6.30. The van der Waals surface area contributed by atoms with Gasteiger partial charge < -0.3 is 20.1 Å². The lowest BCUT2D eigenvalue weighted by Crippen LogP contribution is -2.40. The van der Waals surface area contributed by atoms with E-state index in [2.05, 4.69) is 15.6 Å². The van der Waals surface area contributed by atoms with Gasteiger partial charge in [-0.3, -0.25) is 4.79 Å². The van der Waals surface area contributed by atoms with Crippen molar-refractivity contribution in [3.8, 4) is 0 Å². The van der Waals surface area contributed by atoms with Crippen molar-refractivity contribution in [1.29, 1.82) is 0 Å². The number of carbonyl (C=O) groups excluding carboxylic acids is 1. The van der Waals surface area contributed by atoms with E-state index in [1.165, 1.54) is 0 Å². The van der Waals surface area contributed by atoms with Gasteiger partial charge in [-0.2, -0.15) is 0 Å². The number of nitrogens with one attached hydrogen (secondary N) is 2. The van der Waals surface area contributed by atoms with Gasteiger partial charge in [-0.25, -0.2) is 4.99 Å². The molecular formula is C15H24ClN5O. The molecule has 2 rings (SSSR count). The molecule has 6 nitrogen and oxygen atoms in total. The monoisotopic (exact) mass is 325 g/mol. The SMILES string of the molecule is CCNC(=NCC(=O)NC1CC1)N(C)Cc1cc(Cl)cn1C. The topological polar surface area (TPSA) is 61.7 Å². The number of aromatic nitrogens is 1. The average Bonchev–Trinajstić information content (AvgIpc) is 3.20. The number of hydrogen-bond acceptors (Lipinski definition) is 2. The quantitative estimate of drug-likeness (QED) is 0.613. The molecule has 0 spiro atoms. The summed E-state index contributed by atoms with van der Waals surface area (Å²) in [5, 5.41) is 6.86. The summed E-state index contributed by atoms with van der Waals surface area (Å²) in [7, 11) is 3.91. The summed E-state index contributed by atoms with van der Waals surface area (Å²) in [6.45, 7) is 3.57. The molecule has 122 valence electrons. The number of nitrogens with zero attached hydrogens (tertiary/aromatic N) is 3. The molecule has 7 heteroatoms. The highest BCUT2D eigenvalue weighted by Gasteiger charge is 2.23. The van der Waals surface area contributed by atoms with E-state index in [0.717, 1.165) is 30.1 Å². The fraction of sp³-hybridized carbons (Fsp3) is 0.600. The van der Waals surface area contributed by atoms with E-state index in [1.54, 1.807) is 0 Å². The Kier molecular flexibility index (Phi) is 5.71. The van der Waals surface area contributed by atoms with Gasteiger partial charge in [0.2, 0.25) is 5.91 Å². The Morgan fingerprint density at radius 1 is 1.55 bits per heavy atom. The summed E-state index contributed by atoms with van der Waals surface area (Å²) < 4.78 is 1.99. The van der Waals surface area contributed by atoms with Gasteiger partial charge in [0.05, 0.1) is 11.6 Å². The molecule has 1 aliphatic rings. The standard InChI is InChI=1S/C15H24ClN5O/c1-4-17-15(18-8-14(22)19-12-5-6-12)21(3)10-13-7-11(16)9-20(13)2/h7,9,12H,4-6,8,10H2,1-3H3,(H,17,18)(H,19,22). The minimum Gasteiger partial charge on any atom is -0.357 e. The molecule has 0 bridgehead atoms. The Bertz CT molecular complexity index is 550. The predicted octanol–water partition coefficient (Wildman–Crippen LogP) is 1.35. The zero-order valence-electron chi connectivity index (χ0n) is 13.4. The van der Waals surface area contributed by atoms with Crippen LogP contribution in [0.4, 0.5) is 0 Å². The second-order valence-electron chi connectivity index (χ2n) is 5.63. The van der Waals surface area contributed by atoms with E-state index in [-0.39, 0.29) is 12.5 Å². The van der Waals surface area contributed by atoms with Gasteiger partial charge in [0.1, 0.15) is 6.54 Å². The zero-order chi connectivity index (χ0) is 16.1. The van der Waals surface area contributed by atoms with Gasteiger partial charge in [0, 0.05) is 38.6 Å². The van der Waals surface area contributed by atoms with Crippen molar-refractivity contribution in [3.05, 3.63) is 23.0 Å². The molecular weight excluding hydrogens is 302 g/mol. The third-order valence-electron chi connectivity index (χ3n) is 3.49. The number of aliphatic imine (C=N–C) groups is 1. The second kappa shape index (κ2) is 7.54. The van der Waals surface area contributed by atoms with Crippen LogP contribution in [0.15, 0.2) is 17.3 Å². The molecule has 1 heterocycles. The van der Waals surface area contributed by atoms with E-state index in [9.17, 15) is 4.79 Å². The van der Waals surface area contributed by atoms with Crippen molar-refractivity contribution in [2.45, 2.75) is 32.4 Å². The lowest BCUT2D eigenvalue weighted by molar-refractivity contribution is -0.119. The van der Waals surface area contributed by atoms with Gasteiger partial charge in [-0.15, -0.1) is 0 Å². The molecule has 1 aliphatic carbocycles. The Balaban J connectivity index is 1.95. The summed E-state index contributed by atoms with van der Waals surface area (Å²) in [4.78, 5) is 18.1. The maximum absolute atomic E-state index is 11.8. The van der Waals surface area contributed by atoms with Crippen LogP contribution in [0.1, 0.15) is 25.5 Å². The number of carbonyl (C=O) groups is 1. The molecule has 0 atom stereocenters. The first-order chi connectivity index (χ1) is 10.5. The summed E-state index contributed by atoms with van der Waals surface area (Å²) in [5.74, 6) is 0.694. The van der Waals surface area contributed by atoms with Crippen LogP contribution in [-0.2, 0) is 18.4 Å². The van der Waals surface area contributed by atoms with E-state index < -0.39 is 0 Å². The molecule has 1 saturated carbocycles. The van der Waals surface area contributed by atoms with Crippen LogP contribution in [0.5, 0.6) is 0 Å². The maximum Gasteiger partial charge on any atom is 0.242 e. The van der Waals surface area contributed by atoms with Gasteiger partial charge in [0.15, 0.2) is 5.96 Å². The minimum atomic E-state index is -0.0202. The second-order valence-corrected chi connectivity index (χ2v) is 6.07. The van der Waals surface area contributed by atoms with Crippen LogP contribution >= 0.6 is 11.6 Å². The summed E-state index contributed by atoms with van der Waals surface area (Å²) in [6.07, 6.45) is 4.05. The van der Waals surface area contributed by atoms with Crippen molar-refractivity contribution < 1.29 is 4.79 Å². The molecule has 1 fully saturated rings. The van der Waals surface area contributed by atoms with Gasteiger partial charge >= 0.3 is 0 Å². The Labute approximate surface area is 136 Å². The van der Waals surface area contributed by atoms with E-state index >= 15 is 0 Å². The van der Waals surface area contributed by atoms with E-state index in [0.29, 0.717) is 18.5 Å². The van der Waals surface area contributed by atoms with Crippen molar-refractivity contribution in [1.82, 2.24) is 20.1 Å². The van der Waals surface area contributed by atoms with Crippen LogP contribution in [0.25, 0.3) is 0 Å². The summed E-state index contributed by atoms with van der Waals surface area (Å²) in [5.41, 5.74) is 1.08. The van der Waals surface area contributed by atoms with Gasteiger partial charge in [-0.1, -0.05) is 11.6 Å². The maximum atomic E-state index is 11.8. The molecule has 22 heavy (non-hydrogen) atoms. The zero-order valence-corrected chi connectivity index (χ0v) is 14.2. The molecule has 0 unspecified atom stereocenters. The van der Waals surface area contributed by atoms with Crippen molar-refractivity contribution in [2.24, 2.45) is 12.0 Å². The third kappa shape index (κ3) is 4.94. The van der Waals surface area contributed by atoms with Crippen LogP contribution in [0, 0.1) is 0 Å². The van der Waals surface area contributed by atoms with Crippen LogP contribution in [0.2, 0.25) is 5.02 Å². The summed E-state index contributed by atoms with van der Waals surface area (Å²) >= 11 is 6.01. The molecule has 1 aromatic rings. The average molecular weight is 326 g/mol. The first-order valence-electron chi connectivity index (χ1n) is 7.59. The fourth-order valence-electron chi connectivity index (χ4n) is 2.16. The molecule has 0 aromatic carbocycles. The number of amides is 1. The number of rotatable bonds is 6. The lowest BCUT2D eigenvalue weighted by Gasteiger charge is -2.22. The van der Waals surface area contributed by atoms with E-state index in [1.807, 2.05) is 42.7 Å². The Morgan fingerprint density at radius 3 is 2.82 bits per heavy atom. The van der Waals surface area contributed by atoms with Crippen molar-refractivity contribution in [2.75, 3.05) is 20.1 Å². The van der Waals surface area contributed by atoms with Crippen molar-refractivity contribution >= 4 is 23.5 Å². The van der Waals surface area contributed by atoms with Crippen LogP contribution < -0.4 is 10.6 Å². The molecule has 1 amide bonds. The Hall–Kier alpha value is -1.69. The summed E-state index contributed by atoms with van der Waals surface area (Å²) in [6, 6.07) is 2.30. The van der Waals surface area contributed by atoms with Crippen molar-refractivity contribution in [3.63, 3.8) is 0 Å². The first-order valence-corrected chi connectivity index (χ1v) is 7.97. The van der Waals surface area contributed by atoms with Gasteiger partial charge in [-0.05, 0) is 25.8 Å². The molecule has 0 radical (unpaired) electrons. The molecule has 0 saturated heterocycles. The van der Waals surface area contributed by atoms with E-state index in [4.69, 9.17) is 11.6 Å². The highest BCUT2D eigenvalue weighted by atomic mass is 35.5. The minimum absolute atomic E-state index is 0.0202. The lowest BCUT2D eigenvalue weighted by atomic mass is 10.4. The predicted molar refractivity (Wildman–Crippen MR) is 89.0 cm³/mol.